The summed E-state index contributed by atoms with van der Waals surface area (Å²) in [5.41, 5.74) is 0. The summed E-state index contributed by atoms with van der Waals surface area (Å²) in [5, 5.41) is 0. The van der Waals surface area contributed by atoms with E-state index >= 15 is 0 Å². The van der Waals surface area contributed by atoms with Crippen LogP contribution >= 0.6 is 0 Å². The molecule has 0 aromatic heterocycles. The second kappa shape index (κ2) is 10.1. The molecular formula is C22H36. The highest BCUT2D eigenvalue weighted by atomic mass is 14.2. The van der Waals surface area contributed by atoms with E-state index in [0.29, 0.717) is 5.92 Å². The minimum absolute atomic E-state index is 0.679. The van der Waals surface area contributed by atoms with Crippen LogP contribution in [0, 0.1) is 35.5 Å². The third-order valence-corrected chi connectivity index (χ3v) is 5.87. The lowest BCUT2D eigenvalue weighted by Gasteiger charge is -2.26. The Kier molecular flexibility index (Phi) is 8.14. The minimum Gasteiger partial charge on any atom is -0.0951 e. The molecule has 0 aromatic rings. The van der Waals surface area contributed by atoms with Crippen molar-refractivity contribution in [1.29, 1.82) is 0 Å². The molecule has 0 saturated heterocycles. The van der Waals surface area contributed by atoms with Crippen LogP contribution in [0.5, 0.6) is 0 Å². The molecule has 0 spiro atoms. The van der Waals surface area contributed by atoms with E-state index in [-0.39, 0.29) is 0 Å². The van der Waals surface area contributed by atoms with Crippen LogP contribution in [-0.2, 0) is 0 Å². The molecule has 0 unspecified atom stereocenters. The quantitative estimate of drug-likeness (QED) is 0.492. The van der Waals surface area contributed by atoms with Crippen molar-refractivity contribution in [3.05, 3.63) is 12.2 Å². The zero-order valence-electron chi connectivity index (χ0n) is 14.9. The Balaban J connectivity index is 1.64. The number of allylic oxidation sites excluding steroid dienone is 2. The van der Waals surface area contributed by atoms with Gasteiger partial charge < -0.3 is 0 Å². The highest BCUT2D eigenvalue weighted by Crippen LogP contribution is 2.32. The van der Waals surface area contributed by atoms with Gasteiger partial charge in [0, 0.05) is 5.92 Å². The van der Waals surface area contributed by atoms with Gasteiger partial charge in [0.2, 0.25) is 0 Å². The molecule has 2 aliphatic carbocycles. The van der Waals surface area contributed by atoms with Gasteiger partial charge in [-0.15, -0.1) is 0 Å². The topological polar surface area (TPSA) is 0 Å². The highest BCUT2D eigenvalue weighted by molar-refractivity contribution is 5.18. The van der Waals surface area contributed by atoms with Crippen LogP contribution < -0.4 is 0 Å². The lowest BCUT2D eigenvalue weighted by molar-refractivity contribution is 0.294. The number of rotatable bonds is 5. The predicted octanol–water partition coefficient (Wildman–Crippen LogP) is 6.76. The lowest BCUT2D eigenvalue weighted by Crippen LogP contribution is -2.13. The third kappa shape index (κ3) is 6.20. The molecule has 22 heavy (non-hydrogen) atoms. The summed E-state index contributed by atoms with van der Waals surface area (Å²) in [6.07, 6.45) is 21.3. The number of hydrogen-bond acceptors (Lipinski definition) is 0. The summed E-state index contributed by atoms with van der Waals surface area (Å²) in [7, 11) is 0. The molecule has 0 aromatic carbocycles. The standard InChI is InChI=1S/C22H36/c1-3-7-19-11-15-21(16-12-19)9-5-6-10-22-17-13-20(8-4-2)14-18-22/h5,9,19-22H,3-4,7-8,11-18H2,1-2H3/b9-5+/t19-,20-,21-,22-. The van der Waals surface area contributed by atoms with Gasteiger partial charge in [0.25, 0.3) is 0 Å². The smallest absolute Gasteiger partial charge is 0.0206 e. The van der Waals surface area contributed by atoms with Crippen molar-refractivity contribution in [2.24, 2.45) is 23.7 Å². The summed E-state index contributed by atoms with van der Waals surface area (Å²) in [6, 6.07) is 0. The second-order valence-electron chi connectivity index (χ2n) is 7.72. The van der Waals surface area contributed by atoms with E-state index < -0.39 is 0 Å². The third-order valence-electron chi connectivity index (χ3n) is 5.87. The first-order valence-corrected chi connectivity index (χ1v) is 9.99. The predicted molar refractivity (Wildman–Crippen MR) is 97.6 cm³/mol. The van der Waals surface area contributed by atoms with Crippen molar-refractivity contribution < 1.29 is 0 Å². The minimum atomic E-state index is 0.679. The maximum Gasteiger partial charge on any atom is 0.0206 e. The molecule has 2 aliphatic rings. The summed E-state index contributed by atoms with van der Waals surface area (Å²) in [4.78, 5) is 0. The molecule has 0 N–H and O–H groups in total. The number of hydrogen-bond donors (Lipinski definition) is 0. The zero-order chi connectivity index (χ0) is 15.6. The Morgan fingerprint density at radius 2 is 1.32 bits per heavy atom. The SMILES string of the molecule is CCC[C@H]1CC[C@H](C#C/C=C/[C@H]2CC[C@H](CCC)CC2)CC1. The molecule has 0 radical (unpaired) electrons. The van der Waals surface area contributed by atoms with Gasteiger partial charge in [0.05, 0.1) is 0 Å². The molecule has 0 heteroatoms. The summed E-state index contributed by atoms with van der Waals surface area (Å²) in [6.45, 7) is 4.63. The van der Waals surface area contributed by atoms with Gasteiger partial charge in [0.15, 0.2) is 0 Å². The van der Waals surface area contributed by atoms with E-state index in [4.69, 9.17) is 0 Å². The Labute approximate surface area is 139 Å². The van der Waals surface area contributed by atoms with Gasteiger partial charge >= 0.3 is 0 Å². The fraction of sp³-hybridized carbons (Fsp3) is 0.818. The van der Waals surface area contributed by atoms with Gasteiger partial charge in [-0.1, -0.05) is 57.4 Å². The highest BCUT2D eigenvalue weighted by Gasteiger charge is 2.19. The Hall–Kier alpha value is -0.700. The summed E-state index contributed by atoms with van der Waals surface area (Å²) in [5.74, 6) is 10.4. The largest absolute Gasteiger partial charge is 0.0951 e. The Morgan fingerprint density at radius 3 is 1.86 bits per heavy atom. The summed E-state index contributed by atoms with van der Waals surface area (Å²) >= 11 is 0. The Morgan fingerprint density at radius 1 is 0.773 bits per heavy atom. The summed E-state index contributed by atoms with van der Waals surface area (Å²) < 4.78 is 0. The molecule has 2 saturated carbocycles. The van der Waals surface area contributed by atoms with Crippen LogP contribution in [0.2, 0.25) is 0 Å². The van der Waals surface area contributed by atoms with Gasteiger partial charge in [-0.3, -0.25) is 0 Å². The maximum atomic E-state index is 3.52. The van der Waals surface area contributed by atoms with Crippen LogP contribution in [-0.4, -0.2) is 0 Å². The molecule has 0 heterocycles. The fourth-order valence-electron chi connectivity index (χ4n) is 4.43. The van der Waals surface area contributed by atoms with Gasteiger partial charge in [-0.25, -0.2) is 0 Å². The second-order valence-corrected chi connectivity index (χ2v) is 7.72. The average Bonchev–Trinajstić information content (AvgIpc) is 2.55. The van der Waals surface area contributed by atoms with Gasteiger partial charge in [0.1, 0.15) is 0 Å². The van der Waals surface area contributed by atoms with E-state index in [2.05, 4.69) is 37.8 Å². The van der Waals surface area contributed by atoms with Crippen molar-refractivity contribution in [1.82, 2.24) is 0 Å². The van der Waals surface area contributed by atoms with Gasteiger partial charge in [-0.05, 0) is 75.2 Å². The fourth-order valence-corrected chi connectivity index (χ4v) is 4.43. The molecule has 2 rings (SSSR count). The van der Waals surface area contributed by atoms with E-state index in [1.54, 1.807) is 0 Å². The van der Waals surface area contributed by atoms with E-state index in [0.717, 1.165) is 17.8 Å². The lowest BCUT2D eigenvalue weighted by atomic mass is 9.80. The molecule has 0 bridgehead atoms. The van der Waals surface area contributed by atoms with Crippen LogP contribution in [0.3, 0.4) is 0 Å². The van der Waals surface area contributed by atoms with Crippen molar-refractivity contribution in [2.75, 3.05) is 0 Å². The van der Waals surface area contributed by atoms with Crippen LogP contribution in [0.15, 0.2) is 12.2 Å². The van der Waals surface area contributed by atoms with Crippen molar-refractivity contribution in [3.8, 4) is 11.8 Å². The first-order valence-electron chi connectivity index (χ1n) is 9.99. The first kappa shape index (κ1) is 17.7. The molecular weight excluding hydrogens is 264 g/mol. The van der Waals surface area contributed by atoms with Crippen LogP contribution in [0.25, 0.3) is 0 Å². The van der Waals surface area contributed by atoms with E-state index in [1.807, 2.05) is 0 Å². The monoisotopic (exact) mass is 300 g/mol. The maximum absolute atomic E-state index is 3.52. The zero-order valence-corrected chi connectivity index (χ0v) is 14.9. The van der Waals surface area contributed by atoms with Crippen LogP contribution in [0.1, 0.15) is 90.9 Å². The molecule has 0 atom stereocenters. The average molecular weight is 301 g/mol. The van der Waals surface area contributed by atoms with Crippen molar-refractivity contribution >= 4 is 0 Å². The van der Waals surface area contributed by atoms with Crippen LogP contribution in [0.4, 0.5) is 0 Å². The molecule has 0 amide bonds. The molecule has 124 valence electrons. The van der Waals surface area contributed by atoms with Crippen molar-refractivity contribution in [3.63, 3.8) is 0 Å². The van der Waals surface area contributed by atoms with Crippen molar-refractivity contribution in [2.45, 2.75) is 90.9 Å². The molecule has 0 nitrogen and oxygen atoms in total. The van der Waals surface area contributed by atoms with Gasteiger partial charge in [-0.2, -0.15) is 0 Å². The normalized spacial score (nSPS) is 32.6. The first-order chi connectivity index (χ1) is 10.8. The van der Waals surface area contributed by atoms with E-state index in [9.17, 15) is 0 Å². The molecule has 0 aliphatic heterocycles. The molecule has 2 fully saturated rings. The Bertz CT molecular complexity index is 365. The van der Waals surface area contributed by atoms with E-state index in [1.165, 1.54) is 77.0 Å².